The van der Waals surface area contributed by atoms with Gasteiger partial charge in [0.05, 0.1) is 53.9 Å². The van der Waals surface area contributed by atoms with E-state index in [9.17, 15) is 0 Å². The lowest BCUT2D eigenvalue weighted by Gasteiger charge is -2.26. The molecule has 0 atom stereocenters. The van der Waals surface area contributed by atoms with Crippen LogP contribution in [0.3, 0.4) is 0 Å². The fourth-order valence-corrected chi connectivity index (χ4v) is 16.7. The van der Waals surface area contributed by atoms with Crippen LogP contribution in [-0.2, 0) is 0 Å². The molecule has 398 valence electrons. The highest BCUT2D eigenvalue weighted by atomic mass is 32.1. The zero-order valence-electron chi connectivity index (χ0n) is 46.3. The van der Waals surface area contributed by atoms with Crippen LogP contribution in [0.4, 0.5) is 34.1 Å². The minimum atomic E-state index is 1.10. The monoisotopic (exact) mass is 1120 g/mol. The van der Waals surface area contributed by atoms with Crippen molar-refractivity contribution < 1.29 is 0 Å². The van der Waals surface area contributed by atoms with Gasteiger partial charge < -0.3 is 18.6 Å². The van der Waals surface area contributed by atoms with Gasteiger partial charge in [-0.1, -0.05) is 189 Å². The largest absolute Gasteiger partial charge is 0.309 e. The number of hydrogen-bond donors (Lipinski definition) is 0. The molecule has 12 aromatic carbocycles. The molecule has 0 fully saturated rings. The molecule has 18 aromatic rings. The van der Waals surface area contributed by atoms with Crippen molar-refractivity contribution in [2.75, 3.05) is 9.80 Å². The second kappa shape index (κ2) is 18.5. The summed E-state index contributed by atoms with van der Waals surface area (Å²) in [7, 11) is 0. The molecule has 0 bridgehead atoms. The summed E-state index contributed by atoms with van der Waals surface area (Å²) in [5.74, 6) is 0. The lowest BCUT2D eigenvalue weighted by molar-refractivity contribution is 1.30. The Morgan fingerprint density at radius 2 is 0.800 bits per heavy atom. The van der Waals surface area contributed by atoms with Gasteiger partial charge in [0.1, 0.15) is 0 Å². The Bertz CT molecular complexity index is 5740. The summed E-state index contributed by atoms with van der Waals surface area (Å²) in [4.78, 5) is 5.99. The molecular weight excluding hydrogens is 1070 g/mol. The summed E-state index contributed by atoms with van der Waals surface area (Å²) in [5.41, 5.74) is 20.3. The predicted molar refractivity (Wildman–Crippen MR) is 369 cm³/mol. The molecule has 85 heavy (non-hydrogen) atoms. The van der Waals surface area contributed by atoms with E-state index < -0.39 is 0 Å². The highest BCUT2D eigenvalue weighted by molar-refractivity contribution is 7.26. The number of allylic oxidation sites excluding steroid dienone is 1. The van der Waals surface area contributed by atoms with E-state index >= 15 is 0 Å². The van der Waals surface area contributed by atoms with E-state index in [0.717, 1.165) is 28.4 Å². The van der Waals surface area contributed by atoms with Crippen LogP contribution < -0.4 is 9.80 Å². The molecule has 0 saturated heterocycles. The van der Waals surface area contributed by atoms with E-state index in [2.05, 4.69) is 299 Å². The van der Waals surface area contributed by atoms with Gasteiger partial charge in [0, 0.05) is 97.1 Å². The van der Waals surface area contributed by atoms with Gasteiger partial charge in [-0.05, 0) is 120 Å². The van der Waals surface area contributed by atoms with Gasteiger partial charge in [-0.3, -0.25) is 0 Å². The third-order valence-corrected chi connectivity index (χ3v) is 20.3. The van der Waals surface area contributed by atoms with E-state index in [-0.39, 0.29) is 0 Å². The van der Waals surface area contributed by atoms with E-state index in [4.69, 9.17) is 0 Å². The third kappa shape index (κ3) is 6.89. The Morgan fingerprint density at radius 3 is 1.33 bits per heavy atom. The Kier molecular flexibility index (Phi) is 10.5. The van der Waals surface area contributed by atoms with Crippen molar-refractivity contribution in [2.24, 2.45) is 0 Å². The zero-order chi connectivity index (χ0) is 56.0. The molecule has 4 nitrogen and oxygen atoms in total. The van der Waals surface area contributed by atoms with E-state index in [0.29, 0.717) is 0 Å². The molecule has 0 N–H and O–H groups in total. The lowest BCUT2D eigenvalue weighted by atomic mass is 9.97. The summed E-state index contributed by atoms with van der Waals surface area (Å²) in [5, 5.41) is 14.0. The quantitative estimate of drug-likeness (QED) is 0.136. The number of thiophene rings is 2. The first-order valence-corrected chi connectivity index (χ1v) is 30.7. The molecule has 0 aliphatic heterocycles. The van der Waals surface area contributed by atoms with Crippen molar-refractivity contribution in [2.45, 2.75) is 6.92 Å². The average Bonchev–Trinajstić information content (AvgIpc) is 1.62. The van der Waals surface area contributed by atoms with Gasteiger partial charge in [-0.15, -0.1) is 22.7 Å². The number of para-hydroxylation sites is 4. The summed E-state index contributed by atoms with van der Waals surface area (Å²) in [6.45, 7) is 6.27. The Morgan fingerprint density at radius 1 is 0.365 bits per heavy atom. The molecule has 6 aromatic heterocycles. The van der Waals surface area contributed by atoms with Crippen LogP contribution in [0.15, 0.2) is 267 Å². The van der Waals surface area contributed by atoms with E-state index in [1.807, 2.05) is 17.4 Å². The Hall–Kier alpha value is -10.5. The van der Waals surface area contributed by atoms with Crippen molar-refractivity contribution in [3.05, 3.63) is 278 Å². The second-order valence-corrected chi connectivity index (χ2v) is 24.4. The number of rotatable bonds is 10. The first-order valence-electron chi connectivity index (χ1n) is 29.1. The van der Waals surface area contributed by atoms with Crippen LogP contribution in [0, 0.1) is 0 Å². The van der Waals surface area contributed by atoms with Crippen molar-refractivity contribution in [1.82, 2.24) is 8.80 Å². The van der Waals surface area contributed by atoms with Crippen molar-refractivity contribution in [3.8, 4) is 22.3 Å². The highest BCUT2D eigenvalue weighted by Gasteiger charge is 2.26. The third-order valence-electron chi connectivity index (χ3n) is 17.8. The Labute approximate surface area is 497 Å². The number of hydrogen-bond acceptors (Lipinski definition) is 4. The molecular formula is C79H50N4S2. The Balaban J connectivity index is 0.755. The summed E-state index contributed by atoms with van der Waals surface area (Å²) >= 11 is 3.67. The zero-order valence-corrected chi connectivity index (χ0v) is 47.9. The van der Waals surface area contributed by atoms with Crippen LogP contribution >= 0.6 is 22.7 Å². The molecule has 6 heteroatoms. The first kappa shape index (κ1) is 48.1. The van der Waals surface area contributed by atoms with Gasteiger partial charge in [0.15, 0.2) is 0 Å². The molecule has 0 amide bonds. The maximum absolute atomic E-state index is 4.19. The fourth-order valence-electron chi connectivity index (χ4n) is 14.3. The van der Waals surface area contributed by atoms with Crippen LogP contribution in [0.25, 0.3) is 141 Å². The van der Waals surface area contributed by atoms with Gasteiger partial charge >= 0.3 is 0 Å². The SMILES string of the molecule is C=Cc1sc2c(N(c3ccccc3)c3ccc(-c4cccc5c4c4cccc6c7cc8c(cc7n5c64)c4cccc5c6c(-c7ccc(N(c9ccccc9)c9cccc%10c9sc9ccccc9%10)cc7)cccc6n8c45)cc3)cccc2c1/C=C\C. The first-order chi connectivity index (χ1) is 42.1. The fraction of sp³-hybridized carbons (Fsp3) is 0.0127. The van der Waals surface area contributed by atoms with Crippen molar-refractivity contribution >= 4 is 175 Å². The van der Waals surface area contributed by atoms with Crippen molar-refractivity contribution in [3.63, 3.8) is 0 Å². The van der Waals surface area contributed by atoms with E-state index in [1.165, 1.54) is 145 Å². The normalized spacial score (nSPS) is 12.3. The predicted octanol–water partition coefficient (Wildman–Crippen LogP) is 23.5. The average molecular weight is 1120 g/mol. The number of benzene rings is 12. The van der Waals surface area contributed by atoms with Gasteiger partial charge in [0.25, 0.3) is 0 Å². The number of aromatic nitrogens is 2. The summed E-state index contributed by atoms with van der Waals surface area (Å²) < 4.78 is 8.91. The maximum Gasteiger partial charge on any atom is 0.0640 e. The van der Waals surface area contributed by atoms with Crippen molar-refractivity contribution in [1.29, 1.82) is 0 Å². The van der Waals surface area contributed by atoms with Gasteiger partial charge in [-0.25, -0.2) is 0 Å². The molecule has 6 heterocycles. The van der Waals surface area contributed by atoms with Crippen LogP contribution in [0.2, 0.25) is 0 Å². The molecule has 0 unspecified atom stereocenters. The molecule has 0 radical (unpaired) electrons. The van der Waals surface area contributed by atoms with Crippen LogP contribution in [0.1, 0.15) is 17.4 Å². The topological polar surface area (TPSA) is 15.3 Å². The minimum absolute atomic E-state index is 1.10. The second-order valence-electron chi connectivity index (χ2n) is 22.3. The van der Waals surface area contributed by atoms with Gasteiger partial charge in [0.2, 0.25) is 0 Å². The lowest BCUT2D eigenvalue weighted by Crippen LogP contribution is -2.09. The minimum Gasteiger partial charge on any atom is -0.309 e. The molecule has 18 rings (SSSR count). The van der Waals surface area contributed by atoms with Gasteiger partial charge in [-0.2, -0.15) is 0 Å². The van der Waals surface area contributed by atoms with Crippen LogP contribution in [0.5, 0.6) is 0 Å². The molecule has 0 aliphatic carbocycles. The maximum atomic E-state index is 4.19. The number of fused-ring (bicyclic) bond motifs is 16. The standard InChI is InChI=1S/C79H50N4S2/c1-3-19-56-60-29-17-35-68(78(60)84-72(56)4-2)80(50-20-7-5-8-21-50)52-42-38-48(39-43-52)54-25-15-33-66-74(54)62-31-13-27-58-64-47-71-65(46-70(64)82(66)76(58)62)59-28-14-32-63-75-55(26-16-34-67(75)83(71)77(59)63)49-40-44-53(45-41-49)81(51-22-9-6-10-23-51)69-36-18-30-61-57-24-11-12-37-73(57)85-79(61)69/h3-47H,2H2,1H3/b19-3-. The highest BCUT2D eigenvalue weighted by Crippen LogP contribution is 2.51. The number of nitrogens with zero attached hydrogens (tertiary/aromatic N) is 4. The molecule has 0 saturated carbocycles. The summed E-state index contributed by atoms with van der Waals surface area (Å²) in [6, 6.07) is 94.6. The molecule has 0 spiro atoms. The van der Waals surface area contributed by atoms with Crippen LogP contribution in [-0.4, -0.2) is 8.80 Å². The summed E-state index contributed by atoms with van der Waals surface area (Å²) in [6.07, 6.45) is 6.31. The van der Waals surface area contributed by atoms with E-state index in [1.54, 1.807) is 11.3 Å². The smallest absolute Gasteiger partial charge is 0.0640 e. The molecule has 0 aliphatic rings. The number of anilines is 6.